The van der Waals surface area contributed by atoms with Crippen molar-refractivity contribution in [2.24, 2.45) is 0 Å². The lowest BCUT2D eigenvalue weighted by Crippen LogP contribution is -2.46. The van der Waals surface area contributed by atoms with Gasteiger partial charge >= 0.3 is 6.09 Å². The Balaban J connectivity index is 2.44. The number of amides is 1. The van der Waals surface area contributed by atoms with Gasteiger partial charge in [0.2, 0.25) is 0 Å². The summed E-state index contributed by atoms with van der Waals surface area (Å²) in [5.74, 6) is -0.318. The molecular formula is C13H17NO4. The molecule has 0 fully saturated rings. The molecule has 98 valence electrons. The van der Waals surface area contributed by atoms with Crippen molar-refractivity contribution >= 4 is 11.9 Å². The molecule has 2 N–H and O–H groups in total. The summed E-state index contributed by atoms with van der Waals surface area (Å²) in [7, 11) is 0. The lowest BCUT2D eigenvalue weighted by molar-refractivity contribution is -0.121. The van der Waals surface area contributed by atoms with Crippen LogP contribution in [0.1, 0.15) is 19.4 Å². The summed E-state index contributed by atoms with van der Waals surface area (Å²) < 4.78 is 4.95. The fourth-order valence-electron chi connectivity index (χ4n) is 1.45. The van der Waals surface area contributed by atoms with Crippen molar-refractivity contribution in [1.82, 2.24) is 5.32 Å². The molecule has 1 aromatic rings. The van der Waals surface area contributed by atoms with E-state index in [4.69, 9.17) is 4.74 Å². The standard InChI is InChI=1S/C13H17NO4/c1-9(15)12(10(2)16)14-13(17)18-8-11-6-4-3-5-7-11/h3-7,9,12,15H,8H2,1-2H3,(H,14,17). The third kappa shape index (κ3) is 4.55. The largest absolute Gasteiger partial charge is 0.445 e. The third-order valence-electron chi connectivity index (χ3n) is 2.41. The van der Waals surface area contributed by atoms with E-state index in [9.17, 15) is 14.7 Å². The molecule has 1 aromatic carbocycles. The maximum atomic E-state index is 11.4. The monoisotopic (exact) mass is 251 g/mol. The minimum atomic E-state index is -0.952. The summed E-state index contributed by atoms with van der Waals surface area (Å²) in [6.07, 6.45) is -1.67. The summed E-state index contributed by atoms with van der Waals surface area (Å²) in [5, 5.41) is 11.7. The lowest BCUT2D eigenvalue weighted by atomic mass is 10.1. The zero-order valence-electron chi connectivity index (χ0n) is 10.4. The first-order chi connectivity index (χ1) is 8.50. The highest BCUT2D eigenvalue weighted by atomic mass is 16.5. The van der Waals surface area contributed by atoms with E-state index in [-0.39, 0.29) is 12.4 Å². The molecule has 0 aliphatic rings. The predicted molar refractivity (Wildman–Crippen MR) is 65.9 cm³/mol. The number of benzene rings is 1. The van der Waals surface area contributed by atoms with Crippen LogP contribution in [0.4, 0.5) is 4.79 Å². The minimum absolute atomic E-state index is 0.122. The van der Waals surface area contributed by atoms with Crippen LogP contribution in [0, 0.1) is 0 Å². The van der Waals surface area contributed by atoms with Gasteiger partial charge in [0.25, 0.3) is 0 Å². The van der Waals surface area contributed by atoms with Crippen LogP contribution >= 0.6 is 0 Å². The van der Waals surface area contributed by atoms with Gasteiger partial charge in [0, 0.05) is 0 Å². The second-order valence-electron chi connectivity index (χ2n) is 4.03. The van der Waals surface area contributed by atoms with Gasteiger partial charge in [-0.3, -0.25) is 4.79 Å². The van der Waals surface area contributed by atoms with Gasteiger partial charge in [0.05, 0.1) is 6.10 Å². The molecule has 0 saturated heterocycles. The van der Waals surface area contributed by atoms with Crippen LogP contribution < -0.4 is 5.32 Å². The number of ketones is 1. The van der Waals surface area contributed by atoms with Crippen molar-refractivity contribution in [1.29, 1.82) is 0 Å². The number of carbonyl (C=O) groups is 2. The number of ether oxygens (including phenoxy) is 1. The van der Waals surface area contributed by atoms with Gasteiger partial charge in [-0.2, -0.15) is 0 Å². The van der Waals surface area contributed by atoms with Crippen molar-refractivity contribution in [3.63, 3.8) is 0 Å². The summed E-state index contributed by atoms with van der Waals surface area (Å²) in [5.41, 5.74) is 0.851. The van der Waals surface area contributed by atoms with Gasteiger partial charge in [-0.15, -0.1) is 0 Å². The zero-order valence-corrected chi connectivity index (χ0v) is 10.4. The first-order valence-corrected chi connectivity index (χ1v) is 5.66. The molecule has 0 radical (unpaired) electrons. The first kappa shape index (κ1) is 14.2. The summed E-state index contributed by atoms with van der Waals surface area (Å²) in [6.45, 7) is 2.86. The van der Waals surface area contributed by atoms with Crippen LogP contribution in [-0.2, 0) is 16.1 Å². The number of alkyl carbamates (subject to hydrolysis) is 1. The summed E-state index contributed by atoms with van der Waals surface area (Å²) >= 11 is 0. The molecule has 2 unspecified atom stereocenters. The summed E-state index contributed by atoms with van der Waals surface area (Å²) in [4.78, 5) is 22.6. The van der Waals surface area contributed by atoms with E-state index < -0.39 is 18.2 Å². The molecule has 18 heavy (non-hydrogen) atoms. The molecule has 0 aliphatic carbocycles. The van der Waals surface area contributed by atoms with Crippen molar-refractivity contribution < 1.29 is 19.4 Å². The average molecular weight is 251 g/mol. The highest BCUT2D eigenvalue weighted by Crippen LogP contribution is 2.01. The van der Waals surface area contributed by atoms with Gasteiger partial charge in [-0.05, 0) is 19.4 Å². The Kier molecular flexibility index (Phi) is 5.32. The number of Topliss-reactive ketones (excluding diaryl/α,β-unsaturated/α-hetero) is 1. The zero-order chi connectivity index (χ0) is 13.5. The Morgan fingerprint density at radius 1 is 1.33 bits per heavy atom. The van der Waals surface area contributed by atoms with Crippen LogP contribution in [0.2, 0.25) is 0 Å². The molecule has 5 heteroatoms. The molecule has 0 spiro atoms. The first-order valence-electron chi connectivity index (χ1n) is 5.66. The van der Waals surface area contributed by atoms with Crippen LogP contribution in [-0.4, -0.2) is 29.1 Å². The quantitative estimate of drug-likeness (QED) is 0.825. The molecule has 2 atom stereocenters. The maximum Gasteiger partial charge on any atom is 0.408 e. The van der Waals surface area contributed by atoms with Crippen molar-refractivity contribution in [2.45, 2.75) is 32.6 Å². The number of hydrogen-bond donors (Lipinski definition) is 2. The van der Waals surface area contributed by atoms with Crippen LogP contribution in [0.25, 0.3) is 0 Å². The highest BCUT2D eigenvalue weighted by molar-refractivity contribution is 5.85. The molecule has 1 rings (SSSR count). The highest BCUT2D eigenvalue weighted by Gasteiger charge is 2.22. The number of rotatable bonds is 5. The normalized spacial score (nSPS) is 13.5. The fourth-order valence-corrected chi connectivity index (χ4v) is 1.45. The Hall–Kier alpha value is -1.88. The third-order valence-corrected chi connectivity index (χ3v) is 2.41. The number of aliphatic hydroxyl groups is 1. The second kappa shape index (κ2) is 6.76. The molecule has 0 aliphatic heterocycles. The number of aliphatic hydroxyl groups excluding tert-OH is 1. The molecule has 1 amide bonds. The van der Waals surface area contributed by atoms with Gasteiger partial charge in [0.15, 0.2) is 5.78 Å². The van der Waals surface area contributed by atoms with Crippen molar-refractivity contribution in [2.75, 3.05) is 0 Å². The molecule has 0 saturated carbocycles. The van der Waals surface area contributed by atoms with E-state index in [1.54, 1.807) is 0 Å². The predicted octanol–water partition coefficient (Wildman–Crippen LogP) is 1.25. The van der Waals surface area contributed by atoms with E-state index >= 15 is 0 Å². The Bertz CT molecular complexity index is 403. The van der Waals surface area contributed by atoms with E-state index in [1.807, 2.05) is 30.3 Å². The van der Waals surface area contributed by atoms with Gasteiger partial charge in [-0.25, -0.2) is 4.79 Å². The van der Waals surface area contributed by atoms with E-state index in [2.05, 4.69) is 5.32 Å². The van der Waals surface area contributed by atoms with E-state index in [0.717, 1.165) is 5.56 Å². The molecular weight excluding hydrogens is 234 g/mol. The number of nitrogens with one attached hydrogen (secondary N) is 1. The van der Waals surface area contributed by atoms with Crippen LogP contribution in [0.5, 0.6) is 0 Å². The van der Waals surface area contributed by atoms with Gasteiger partial charge < -0.3 is 15.2 Å². The van der Waals surface area contributed by atoms with Crippen LogP contribution in [0.15, 0.2) is 30.3 Å². The topological polar surface area (TPSA) is 75.6 Å². The molecule has 5 nitrogen and oxygen atoms in total. The summed E-state index contributed by atoms with van der Waals surface area (Å²) in [6, 6.07) is 8.25. The van der Waals surface area contributed by atoms with Crippen molar-refractivity contribution in [3.05, 3.63) is 35.9 Å². The second-order valence-corrected chi connectivity index (χ2v) is 4.03. The SMILES string of the molecule is CC(=O)C(NC(=O)OCc1ccccc1)C(C)O. The van der Waals surface area contributed by atoms with Crippen molar-refractivity contribution in [3.8, 4) is 0 Å². The Morgan fingerprint density at radius 3 is 2.44 bits per heavy atom. The van der Waals surface area contributed by atoms with Gasteiger partial charge in [-0.1, -0.05) is 30.3 Å². The van der Waals surface area contributed by atoms with Gasteiger partial charge in [0.1, 0.15) is 12.6 Å². The number of hydrogen-bond acceptors (Lipinski definition) is 4. The maximum absolute atomic E-state index is 11.4. The molecule has 0 heterocycles. The van der Waals surface area contributed by atoms with E-state index in [1.165, 1.54) is 13.8 Å². The smallest absolute Gasteiger partial charge is 0.408 e. The fraction of sp³-hybridized carbons (Fsp3) is 0.385. The average Bonchev–Trinajstić information content (AvgIpc) is 2.34. The lowest BCUT2D eigenvalue weighted by Gasteiger charge is -2.18. The molecule has 0 bridgehead atoms. The Labute approximate surface area is 106 Å². The minimum Gasteiger partial charge on any atom is -0.445 e. The Morgan fingerprint density at radius 2 is 1.94 bits per heavy atom. The van der Waals surface area contributed by atoms with Crippen LogP contribution in [0.3, 0.4) is 0 Å². The number of carbonyl (C=O) groups excluding carboxylic acids is 2. The van der Waals surface area contributed by atoms with E-state index in [0.29, 0.717) is 0 Å². The molecule has 0 aromatic heterocycles.